The zero-order valence-corrected chi connectivity index (χ0v) is 16.3. The Kier molecular flexibility index (Phi) is 4.67. The Morgan fingerprint density at radius 2 is 1.75 bits per heavy atom. The van der Waals surface area contributed by atoms with Gasteiger partial charge >= 0.3 is 0 Å². The van der Waals surface area contributed by atoms with Gasteiger partial charge in [0.1, 0.15) is 0 Å². The number of allylic oxidation sites excluding steroid dienone is 2. The van der Waals surface area contributed by atoms with E-state index in [1.807, 2.05) is 6.07 Å². The average Bonchev–Trinajstić information content (AvgIpc) is 3.08. The van der Waals surface area contributed by atoms with Crippen LogP contribution in [0.3, 0.4) is 0 Å². The number of nitrogens with one attached hydrogen (secondary N) is 1. The number of amides is 1. The maximum atomic E-state index is 13.1. The van der Waals surface area contributed by atoms with Gasteiger partial charge in [0.05, 0.1) is 6.04 Å². The second-order valence-corrected chi connectivity index (χ2v) is 8.39. The van der Waals surface area contributed by atoms with Gasteiger partial charge in [-0.05, 0) is 54.5 Å². The number of rotatable bonds is 2. The fourth-order valence-corrected chi connectivity index (χ4v) is 5.17. The van der Waals surface area contributed by atoms with Crippen LogP contribution in [-0.2, 0) is 0 Å². The molecule has 3 aliphatic rings. The highest BCUT2D eigenvalue weighted by Crippen LogP contribution is 2.49. The third-order valence-corrected chi connectivity index (χ3v) is 6.66. The van der Waals surface area contributed by atoms with Gasteiger partial charge in [-0.15, -0.1) is 0 Å². The van der Waals surface area contributed by atoms with E-state index >= 15 is 0 Å². The quantitative estimate of drug-likeness (QED) is 0.703. The molecule has 2 aromatic rings. The molecule has 2 heterocycles. The first-order valence-electron chi connectivity index (χ1n) is 10.7. The molecule has 1 fully saturated rings. The van der Waals surface area contributed by atoms with Crippen molar-refractivity contribution in [1.29, 1.82) is 0 Å². The molecule has 0 aromatic heterocycles. The van der Waals surface area contributed by atoms with Crippen molar-refractivity contribution in [3.8, 4) is 0 Å². The molecule has 0 bridgehead atoms. The minimum Gasteiger partial charge on any atom is -0.378 e. The van der Waals surface area contributed by atoms with Gasteiger partial charge < -0.3 is 10.2 Å². The number of hydrogen-bond donors (Lipinski definition) is 1. The molecule has 2 aliphatic heterocycles. The number of hydrogen-bond acceptors (Lipinski definition) is 2. The molecular weight excluding hydrogens is 344 g/mol. The van der Waals surface area contributed by atoms with Crippen LogP contribution in [0.1, 0.15) is 65.5 Å². The molecule has 3 atom stereocenters. The van der Waals surface area contributed by atoms with Crippen LogP contribution >= 0.6 is 0 Å². The molecule has 28 heavy (non-hydrogen) atoms. The van der Waals surface area contributed by atoms with Crippen LogP contribution in [0, 0.1) is 5.92 Å². The number of benzene rings is 2. The first kappa shape index (κ1) is 17.5. The summed E-state index contributed by atoms with van der Waals surface area (Å²) in [7, 11) is 0. The Balaban J connectivity index is 1.46. The lowest BCUT2D eigenvalue weighted by molar-refractivity contribution is 0.0761. The Bertz CT molecular complexity index is 881. The third kappa shape index (κ3) is 3.13. The molecule has 3 heteroatoms. The van der Waals surface area contributed by atoms with Gasteiger partial charge in [-0.25, -0.2) is 0 Å². The van der Waals surface area contributed by atoms with Crippen molar-refractivity contribution < 1.29 is 4.79 Å². The normalized spacial score (nSPS) is 26.1. The van der Waals surface area contributed by atoms with Crippen molar-refractivity contribution in [2.45, 2.75) is 44.1 Å². The first-order chi connectivity index (χ1) is 13.8. The van der Waals surface area contributed by atoms with Crippen molar-refractivity contribution in [3.63, 3.8) is 0 Å². The molecule has 3 nitrogen and oxygen atoms in total. The Morgan fingerprint density at radius 3 is 2.54 bits per heavy atom. The number of carbonyl (C=O) groups excluding carboxylic acids is 1. The molecular formula is C25H28N2O. The maximum absolute atomic E-state index is 13.1. The van der Waals surface area contributed by atoms with Crippen molar-refractivity contribution >= 4 is 11.6 Å². The van der Waals surface area contributed by atoms with E-state index in [1.54, 1.807) is 0 Å². The van der Waals surface area contributed by atoms with E-state index in [0.29, 0.717) is 17.9 Å². The summed E-state index contributed by atoms with van der Waals surface area (Å²) >= 11 is 0. The van der Waals surface area contributed by atoms with E-state index in [1.165, 1.54) is 29.7 Å². The largest absolute Gasteiger partial charge is 0.378 e. The highest BCUT2D eigenvalue weighted by molar-refractivity contribution is 5.95. The van der Waals surface area contributed by atoms with E-state index in [-0.39, 0.29) is 5.91 Å². The smallest absolute Gasteiger partial charge is 0.253 e. The van der Waals surface area contributed by atoms with Gasteiger partial charge in [0.25, 0.3) is 5.91 Å². The van der Waals surface area contributed by atoms with Crippen LogP contribution in [0.5, 0.6) is 0 Å². The van der Waals surface area contributed by atoms with E-state index in [9.17, 15) is 4.79 Å². The Hall–Kier alpha value is -2.55. The molecule has 1 amide bonds. The summed E-state index contributed by atoms with van der Waals surface area (Å²) in [6, 6.07) is 17.4. The Labute approximate surface area is 167 Å². The molecule has 1 N–H and O–H groups in total. The number of nitrogens with zero attached hydrogens (tertiary/aromatic N) is 1. The first-order valence-corrected chi connectivity index (χ1v) is 10.7. The minimum atomic E-state index is 0.202. The van der Waals surface area contributed by atoms with Crippen LogP contribution in [-0.4, -0.2) is 23.9 Å². The summed E-state index contributed by atoms with van der Waals surface area (Å²) < 4.78 is 0. The van der Waals surface area contributed by atoms with Gasteiger partial charge in [-0.2, -0.15) is 0 Å². The van der Waals surface area contributed by atoms with Crippen LogP contribution < -0.4 is 5.32 Å². The summed E-state index contributed by atoms with van der Waals surface area (Å²) in [5.41, 5.74) is 4.65. The summed E-state index contributed by atoms with van der Waals surface area (Å²) in [6.07, 6.45) is 10.5. The van der Waals surface area contributed by atoms with Gasteiger partial charge in [0.15, 0.2) is 0 Å². The van der Waals surface area contributed by atoms with Crippen molar-refractivity contribution in [3.05, 3.63) is 77.4 Å². The number of carbonyl (C=O) groups is 1. The van der Waals surface area contributed by atoms with Crippen molar-refractivity contribution in [2.24, 2.45) is 5.92 Å². The molecule has 1 saturated heterocycles. The molecule has 5 rings (SSSR count). The summed E-state index contributed by atoms with van der Waals surface area (Å²) in [6.45, 7) is 1.80. The number of anilines is 1. The standard InChI is InChI=1S/C25H28N2O/c28-25(27-15-6-1-2-7-16-27)19-13-14-23-22(17-19)20-11-8-12-21(20)24(26-23)18-9-4-3-5-10-18/h3-5,8-11,13-14,17,20-21,24,26H,1-2,6-7,12,15-16H2/t20-,21-,24-/m1/s1. The second-order valence-electron chi connectivity index (χ2n) is 8.39. The van der Waals surface area contributed by atoms with Crippen LogP contribution in [0.15, 0.2) is 60.7 Å². The maximum Gasteiger partial charge on any atom is 0.253 e. The fourth-order valence-electron chi connectivity index (χ4n) is 5.17. The lowest BCUT2D eigenvalue weighted by atomic mass is 9.76. The zero-order valence-electron chi connectivity index (χ0n) is 16.3. The van der Waals surface area contributed by atoms with Gasteiger partial charge in [-0.1, -0.05) is 55.3 Å². The molecule has 0 unspecified atom stereocenters. The molecule has 0 saturated carbocycles. The van der Waals surface area contributed by atoms with Gasteiger partial charge in [-0.3, -0.25) is 4.79 Å². The SMILES string of the molecule is O=C(c1ccc2c(c1)[C@@H]1C=CC[C@H]1[C@@H](c1ccccc1)N2)N1CCCCCC1. The zero-order chi connectivity index (χ0) is 18.9. The monoisotopic (exact) mass is 372 g/mol. The highest BCUT2D eigenvalue weighted by atomic mass is 16.2. The predicted octanol–water partition coefficient (Wildman–Crippen LogP) is 5.53. The molecule has 144 valence electrons. The number of fused-ring (bicyclic) bond motifs is 3. The highest BCUT2D eigenvalue weighted by Gasteiger charge is 2.38. The predicted molar refractivity (Wildman–Crippen MR) is 114 cm³/mol. The van der Waals surface area contributed by atoms with E-state index in [4.69, 9.17) is 0 Å². The minimum absolute atomic E-state index is 0.202. The molecule has 2 aromatic carbocycles. The summed E-state index contributed by atoms with van der Waals surface area (Å²) in [5, 5.41) is 3.78. The summed E-state index contributed by atoms with van der Waals surface area (Å²) in [5.74, 6) is 1.10. The van der Waals surface area contributed by atoms with E-state index in [0.717, 1.165) is 37.9 Å². The lowest BCUT2D eigenvalue weighted by Gasteiger charge is -2.38. The average molecular weight is 373 g/mol. The van der Waals surface area contributed by atoms with Crippen LogP contribution in [0.2, 0.25) is 0 Å². The molecule has 1 aliphatic carbocycles. The summed E-state index contributed by atoms with van der Waals surface area (Å²) in [4.78, 5) is 15.2. The lowest BCUT2D eigenvalue weighted by Crippen LogP contribution is -2.33. The van der Waals surface area contributed by atoms with Crippen molar-refractivity contribution in [1.82, 2.24) is 4.90 Å². The Morgan fingerprint density at radius 1 is 0.964 bits per heavy atom. The third-order valence-electron chi connectivity index (χ3n) is 6.66. The fraction of sp³-hybridized carbons (Fsp3) is 0.400. The molecule has 0 spiro atoms. The van der Waals surface area contributed by atoms with Gasteiger partial charge in [0.2, 0.25) is 0 Å². The van der Waals surface area contributed by atoms with Gasteiger partial charge in [0, 0.05) is 30.3 Å². The number of likely N-dealkylation sites (tertiary alicyclic amines) is 1. The topological polar surface area (TPSA) is 32.3 Å². The molecule has 0 radical (unpaired) electrons. The van der Waals surface area contributed by atoms with Crippen molar-refractivity contribution in [2.75, 3.05) is 18.4 Å². The van der Waals surface area contributed by atoms with Crippen LogP contribution in [0.4, 0.5) is 5.69 Å². The van der Waals surface area contributed by atoms with E-state index in [2.05, 4.69) is 64.8 Å². The second kappa shape index (κ2) is 7.46. The van der Waals surface area contributed by atoms with E-state index < -0.39 is 0 Å². The van der Waals surface area contributed by atoms with Crippen LogP contribution in [0.25, 0.3) is 0 Å².